The summed E-state index contributed by atoms with van der Waals surface area (Å²) in [6.45, 7) is 0. The Kier molecular flexibility index (Phi) is 3.05. The van der Waals surface area contributed by atoms with E-state index in [-0.39, 0.29) is 5.75 Å². The van der Waals surface area contributed by atoms with Crippen molar-refractivity contribution < 1.29 is 5.11 Å². The van der Waals surface area contributed by atoms with E-state index < -0.39 is 0 Å². The summed E-state index contributed by atoms with van der Waals surface area (Å²) in [7, 11) is 0. The molecule has 0 amide bonds. The largest absolute Gasteiger partial charge is 0.508 e. The lowest BCUT2D eigenvalue weighted by Crippen LogP contribution is -1.98. The smallest absolute Gasteiger partial charge is 0.150 e. The quantitative estimate of drug-likeness (QED) is 0.745. The fourth-order valence-electron chi connectivity index (χ4n) is 1.98. The molecule has 1 aromatic heterocycles. The Morgan fingerprint density at radius 2 is 1.55 bits per heavy atom. The number of hydrogen-bond donors (Lipinski definition) is 2. The van der Waals surface area contributed by atoms with Gasteiger partial charge in [-0.1, -0.05) is 30.3 Å². The van der Waals surface area contributed by atoms with Crippen LogP contribution in [0.25, 0.3) is 22.5 Å². The third kappa shape index (κ3) is 2.31. The van der Waals surface area contributed by atoms with Gasteiger partial charge in [0.15, 0.2) is 0 Å². The molecular weight excluding hydrogens is 250 g/mol. The molecule has 98 valence electrons. The van der Waals surface area contributed by atoms with Crippen LogP contribution >= 0.6 is 0 Å². The predicted octanol–water partition coefficient (Wildman–Crippen LogP) is 3.10. The second-order valence-electron chi connectivity index (χ2n) is 4.40. The highest BCUT2D eigenvalue weighted by molar-refractivity contribution is 5.73. The van der Waals surface area contributed by atoms with Gasteiger partial charge >= 0.3 is 0 Å². The van der Waals surface area contributed by atoms with Crippen LogP contribution in [0.5, 0.6) is 5.75 Å². The van der Waals surface area contributed by atoms with E-state index in [9.17, 15) is 5.11 Å². The fourth-order valence-corrected chi connectivity index (χ4v) is 1.98. The molecule has 0 saturated heterocycles. The molecule has 3 aromatic rings. The van der Waals surface area contributed by atoms with Gasteiger partial charge in [-0.25, -0.2) is 9.97 Å². The number of aromatic nitrogens is 2. The molecule has 0 fully saturated rings. The van der Waals surface area contributed by atoms with E-state index in [4.69, 9.17) is 5.73 Å². The summed E-state index contributed by atoms with van der Waals surface area (Å²) in [5, 5.41) is 9.32. The SMILES string of the molecule is Nc1ncc(-c2ccc(O)cc2)nc1-c1ccccc1. The van der Waals surface area contributed by atoms with Gasteiger partial charge in [-0.15, -0.1) is 0 Å². The van der Waals surface area contributed by atoms with Crippen LogP contribution in [0, 0.1) is 0 Å². The molecule has 0 bridgehead atoms. The van der Waals surface area contributed by atoms with E-state index in [1.165, 1.54) is 0 Å². The van der Waals surface area contributed by atoms with E-state index >= 15 is 0 Å². The van der Waals surface area contributed by atoms with Crippen LogP contribution in [0.15, 0.2) is 60.8 Å². The van der Waals surface area contributed by atoms with Crippen LogP contribution in [0.3, 0.4) is 0 Å². The van der Waals surface area contributed by atoms with Crippen molar-refractivity contribution in [2.75, 3.05) is 5.73 Å². The zero-order valence-corrected chi connectivity index (χ0v) is 10.7. The molecule has 4 nitrogen and oxygen atoms in total. The minimum Gasteiger partial charge on any atom is -0.508 e. The maximum Gasteiger partial charge on any atom is 0.150 e. The number of nitrogens with zero attached hydrogens (tertiary/aromatic N) is 2. The Hall–Kier alpha value is -2.88. The van der Waals surface area contributed by atoms with Crippen LogP contribution in [0.4, 0.5) is 5.82 Å². The number of rotatable bonds is 2. The second-order valence-corrected chi connectivity index (χ2v) is 4.40. The van der Waals surface area contributed by atoms with E-state index in [0.717, 1.165) is 16.8 Å². The average Bonchev–Trinajstić information content (AvgIpc) is 2.50. The van der Waals surface area contributed by atoms with E-state index in [0.29, 0.717) is 11.5 Å². The highest BCUT2D eigenvalue weighted by Gasteiger charge is 2.08. The highest BCUT2D eigenvalue weighted by atomic mass is 16.3. The third-order valence-corrected chi connectivity index (χ3v) is 3.01. The summed E-state index contributed by atoms with van der Waals surface area (Å²) in [6, 6.07) is 16.5. The first-order chi connectivity index (χ1) is 9.74. The molecule has 3 N–H and O–H groups in total. The van der Waals surface area contributed by atoms with Crippen molar-refractivity contribution in [3.05, 3.63) is 60.8 Å². The summed E-state index contributed by atoms with van der Waals surface area (Å²) in [5.41, 5.74) is 9.10. The van der Waals surface area contributed by atoms with Crippen LogP contribution in [0.2, 0.25) is 0 Å². The Morgan fingerprint density at radius 1 is 0.850 bits per heavy atom. The van der Waals surface area contributed by atoms with Gasteiger partial charge in [0, 0.05) is 11.1 Å². The van der Waals surface area contributed by atoms with Crippen LogP contribution in [0.1, 0.15) is 0 Å². The molecule has 3 rings (SSSR count). The molecule has 4 heteroatoms. The molecule has 0 aliphatic heterocycles. The van der Waals surface area contributed by atoms with Gasteiger partial charge in [-0.05, 0) is 24.3 Å². The van der Waals surface area contributed by atoms with Gasteiger partial charge in [-0.3, -0.25) is 0 Å². The topological polar surface area (TPSA) is 72.0 Å². The van der Waals surface area contributed by atoms with Crippen LogP contribution < -0.4 is 5.73 Å². The minimum atomic E-state index is 0.223. The number of hydrogen-bond acceptors (Lipinski definition) is 4. The van der Waals surface area contributed by atoms with Crippen molar-refractivity contribution in [2.45, 2.75) is 0 Å². The van der Waals surface area contributed by atoms with Crippen LogP contribution in [-0.2, 0) is 0 Å². The lowest BCUT2D eigenvalue weighted by molar-refractivity contribution is 0.475. The van der Waals surface area contributed by atoms with E-state index in [1.807, 2.05) is 30.3 Å². The summed E-state index contributed by atoms with van der Waals surface area (Å²) >= 11 is 0. The molecule has 1 heterocycles. The van der Waals surface area contributed by atoms with Crippen molar-refractivity contribution in [1.82, 2.24) is 9.97 Å². The number of benzene rings is 2. The van der Waals surface area contributed by atoms with E-state index in [2.05, 4.69) is 9.97 Å². The van der Waals surface area contributed by atoms with Gasteiger partial charge in [0.25, 0.3) is 0 Å². The zero-order valence-electron chi connectivity index (χ0n) is 10.7. The lowest BCUT2D eigenvalue weighted by atomic mass is 10.1. The molecule has 0 unspecified atom stereocenters. The first-order valence-corrected chi connectivity index (χ1v) is 6.21. The maximum atomic E-state index is 9.32. The molecule has 0 spiro atoms. The first-order valence-electron chi connectivity index (χ1n) is 6.21. The Bertz CT molecular complexity index is 724. The van der Waals surface area contributed by atoms with Crippen molar-refractivity contribution in [3.63, 3.8) is 0 Å². The predicted molar refractivity (Wildman–Crippen MR) is 79.0 cm³/mol. The Balaban J connectivity index is 2.09. The number of phenols is 1. The first kappa shape index (κ1) is 12.2. The number of phenolic OH excluding ortho intramolecular Hbond substituents is 1. The summed E-state index contributed by atoms with van der Waals surface area (Å²) in [5.74, 6) is 0.624. The summed E-state index contributed by atoms with van der Waals surface area (Å²) in [6.07, 6.45) is 1.63. The fraction of sp³-hybridized carbons (Fsp3) is 0. The molecule has 20 heavy (non-hydrogen) atoms. The van der Waals surface area contributed by atoms with Gasteiger partial charge in [0.1, 0.15) is 17.3 Å². The van der Waals surface area contributed by atoms with Gasteiger partial charge in [0.2, 0.25) is 0 Å². The van der Waals surface area contributed by atoms with Crippen molar-refractivity contribution in [2.24, 2.45) is 0 Å². The normalized spacial score (nSPS) is 10.4. The van der Waals surface area contributed by atoms with Crippen molar-refractivity contribution in [1.29, 1.82) is 0 Å². The molecule has 0 aliphatic carbocycles. The molecule has 2 aromatic carbocycles. The lowest BCUT2D eigenvalue weighted by Gasteiger charge is -2.07. The Morgan fingerprint density at radius 3 is 2.25 bits per heavy atom. The molecule has 0 atom stereocenters. The zero-order chi connectivity index (χ0) is 13.9. The van der Waals surface area contributed by atoms with Crippen molar-refractivity contribution in [3.8, 4) is 28.3 Å². The monoisotopic (exact) mass is 263 g/mol. The number of nitrogen functional groups attached to an aromatic ring is 1. The average molecular weight is 263 g/mol. The minimum absolute atomic E-state index is 0.223. The third-order valence-electron chi connectivity index (χ3n) is 3.01. The highest BCUT2D eigenvalue weighted by Crippen LogP contribution is 2.26. The van der Waals surface area contributed by atoms with Gasteiger partial charge in [-0.2, -0.15) is 0 Å². The maximum absolute atomic E-state index is 9.32. The number of anilines is 1. The molecule has 0 saturated carbocycles. The Labute approximate surface area is 116 Å². The molecular formula is C16H13N3O. The van der Waals surface area contributed by atoms with Crippen molar-refractivity contribution >= 4 is 5.82 Å². The standard InChI is InChI=1S/C16H13N3O/c17-16-15(12-4-2-1-3-5-12)19-14(10-18-16)11-6-8-13(20)9-7-11/h1-10,20H,(H2,17,18). The molecule has 0 aliphatic rings. The van der Waals surface area contributed by atoms with Gasteiger partial charge < -0.3 is 10.8 Å². The molecule has 0 radical (unpaired) electrons. The van der Waals surface area contributed by atoms with E-state index in [1.54, 1.807) is 30.5 Å². The number of nitrogens with two attached hydrogens (primary N) is 1. The number of aromatic hydroxyl groups is 1. The van der Waals surface area contributed by atoms with Gasteiger partial charge in [0.05, 0.1) is 11.9 Å². The summed E-state index contributed by atoms with van der Waals surface area (Å²) in [4.78, 5) is 8.78. The second kappa shape index (κ2) is 5.01. The summed E-state index contributed by atoms with van der Waals surface area (Å²) < 4.78 is 0. The van der Waals surface area contributed by atoms with Crippen LogP contribution in [-0.4, -0.2) is 15.1 Å².